The number of benzene rings is 1. The van der Waals surface area contributed by atoms with E-state index in [2.05, 4.69) is 0 Å². The van der Waals surface area contributed by atoms with Gasteiger partial charge in [0.2, 0.25) is 0 Å². The first kappa shape index (κ1) is 16.3. The summed E-state index contributed by atoms with van der Waals surface area (Å²) in [7, 11) is 1.17. The number of aliphatic hydroxyl groups is 1. The highest BCUT2D eigenvalue weighted by atomic mass is 35.7. The Hall–Kier alpha value is -0.780. The molecule has 108 valence electrons. The Kier molecular flexibility index (Phi) is 6.62. The molecule has 0 fully saturated rings. The second kappa shape index (κ2) is 7.72. The maximum atomic E-state index is 10.8. The summed E-state index contributed by atoms with van der Waals surface area (Å²) in [4.78, 5) is 0. The van der Waals surface area contributed by atoms with Crippen LogP contribution in [0.2, 0.25) is 0 Å². The molecule has 6 heteroatoms. The van der Waals surface area contributed by atoms with Crippen LogP contribution in [-0.4, -0.2) is 25.6 Å². The molecule has 1 atom stereocenters. The summed E-state index contributed by atoms with van der Waals surface area (Å²) in [6.45, 7) is 2.74. The van der Waals surface area contributed by atoms with E-state index < -0.39 is 14.5 Å². The summed E-state index contributed by atoms with van der Waals surface area (Å²) in [5.74, 6) is 0.828. The van der Waals surface area contributed by atoms with E-state index in [0.29, 0.717) is 19.4 Å². The maximum Gasteiger partial charge on any atom is 0.259 e. The van der Waals surface area contributed by atoms with Crippen LogP contribution in [-0.2, 0) is 15.5 Å². The van der Waals surface area contributed by atoms with Gasteiger partial charge >= 0.3 is 0 Å². The van der Waals surface area contributed by atoms with E-state index in [1.54, 1.807) is 0 Å². The highest BCUT2D eigenvalue weighted by molar-refractivity contribution is 8.14. The lowest BCUT2D eigenvalue weighted by Gasteiger charge is -2.08. The zero-order valence-corrected chi connectivity index (χ0v) is 12.5. The van der Waals surface area contributed by atoms with Gasteiger partial charge < -0.3 is 9.84 Å². The number of aryl methyl sites for hydroxylation is 1. The van der Waals surface area contributed by atoms with Gasteiger partial charge in [0.25, 0.3) is 9.05 Å². The van der Waals surface area contributed by atoms with Crippen LogP contribution in [0.25, 0.3) is 0 Å². The van der Waals surface area contributed by atoms with Crippen molar-refractivity contribution < 1.29 is 18.3 Å². The minimum atomic E-state index is -3.87. The van der Waals surface area contributed by atoms with E-state index in [9.17, 15) is 13.5 Å². The van der Waals surface area contributed by atoms with Crippen molar-refractivity contribution >= 4 is 19.7 Å². The standard InChI is InChI=1S/C13H19ClO4S/c1-2-10-18-12-8-6-11(7-9-12)4-3-5-13(15)19(14,16)17/h6-9,13,15H,2-5,10H2,1H3. The minimum absolute atomic E-state index is 0.139. The fourth-order valence-corrected chi connectivity index (χ4v) is 2.31. The Balaban J connectivity index is 2.38. The number of ether oxygens (including phenoxy) is 1. The largest absolute Gasteiger partial charge is 0.494 e. The molecule has 0 saturated carbocycles. The average molecular weight is 307 g/mol. The van der Waals surface area contributed by atoms with Crippen molar-refractivity contribution in [1.82, 2.24) is 0 Å². The first-order chi connectivity index (χ1) is 8.93. The van der Waals surface area contributed by atoms with Crippen LogP contribution in [0.4, 0.5) is 0 Å². The van der Waals surface area contributed by atoms with Gasteiger partial charge in [-0.15, -0.1) is 0 Å². The summed E-state index contributed by atoms with van der Waals surface area (Å²) in [6, 6.07) is 7.65. The Morgan fingerprint density at radius 3 is 2.47 bits per heavy atom. The fourth-order valence-electron chi connectivity index (χ4n) is 1.59. The molecule has 0 aliphatic rings. The second-order valence-corrected chi connectivity index (χ2v) is 7.10. The van der Waals surface area contributed by atoms with E-state index in [1.165, 1.54) is 0 Å². The molecule has 0 bridgehead atoms. The molecule has 1 rings (SSSR count). The molecular weight excluding hydrogens is 288 g/mol. The van der Waals surface area contributed by atoms with Crippen molar-refractivity contribution in [3.63, 3.8) is 0 Å². The topological polar surface area (TPSA) is 63.6 Å². The van der Waals surface area contributed by atoms with Gasteiger partial charge in [-0.25, -0.2) is 8.42 Å². The fraction of sp³-hybridized carbons (Fsp3) is 0.538. The smallest absolute Gasteiger partial charge is 0.259 e. The van der Waals surface area contributed by atoms with Gasteiger partial charge in [-0.3, -0.25) is 0 Å². The zero-order valence-electron chi connectivity index (χ0n) is 10.9. The number of hydrogen-bond acceptors (Lipinski definition) is 4. The molecule has 0 amide bonds. The molecule has 0 aromatic heterocycles. The third-order valence-corrected chi connectivity index (χ3v) is 4.14. The summed E-state index contributed by atoms with van der Waals surface area (Å²) >= 11 is 0. The zero-order chi connectivity index (χ0) is 14.3. The van der Waals surface area contributed by atoms with Gasteiger partial charge in [0.15, 0.2) is 5.44 Å². The number of aliphatic hydroxyl groups excluding tert-OH is 1. The predicted molar refractivity (Wildman–Crippen MR) is 75.9 cm³/mol. The monoisotopic (exact) mass is 306 g/mol. The van der Waals surface area contributed by atoms with Crippen LogP contribution in [0.3, 0.4) is 0 Å². The molecule has 0 heterocycles. The number of hydrogen-bond donors (Lipinski definition) is 1. The molecule has 0 aliphatic carbocycles. The summed E-state index contributed by atoms with van der Waals surface area (Å²) in [6.07, 6.45) is 2.35. The lowest BCUT2D eigenvalue weighted by Crippen LogP contribution is -2.15. The molecule has 1 unspecified atom stereocenters. The molecule has 19 heavy (non-hydrogen) atoms. The molecule has 4 nitrogen and oxygen atoms in total. The molecule has 1 aromatic rings. The maximum absolute atomic E-state index is 10.8. The van der Waals surface area contributed by atoms with E-state index >= 15 is 0 Å². The molecular formula is C13H19ClO4S. The van der Waals surface area contributed by atoms with Crippen molar-refractivity contribution in [1.29, 1.82) is 0 Å². The van der Waals surface area contributed by atoms with Crippen molar-refractivity contribution in [3.8, 4) is 5.75 Å². The van der Waals surface area contributed by atoms with Crippen molar-refractivity contribution in [3.05, 3.63) is 29.8 Å². The van der Waals surface area contributed by atoms with Gasteiger partial charge in [-0.2, -0.15) is 0 Å². The van der Waals surface area contributed by atoms with Crippen LogP contribution in [0.1, 0.15) is 31.7 Å². The molecule has 1 aromatic carbocycles. The normalized spacial score (nSPS) is 13.2. The van der Waals surface area contributed by atoms with Gasteiger partial charge in [0.05, 0.1) is 6.61 Å². The van der Waals surface area contributed by atoms with Crippen LogP contribution >= 0.6 is 10.7 Å². The summed E-state index contributed by atoms with van der Waals surface area (Å²) in [5.41, 5.74) is -0.413. The lowest BCUT2D eigenvalue weighted by molar-refractivity contribution is 0.238. The quantitative estimate of drug-likeness (QED) is 0.750. The third kappa shape index (κ3) is 6.27. The molecule has 1 N–H and O–H groups in total. The van der Waals surface area contributed by atoms with Crippen LogP contribution in [0, 0.1) is 0 Å². The summed E-state index contributed by atoms with van der Waals surface area (Å²) in [5, 5.41) is 9.27. The van der Waals surface area contributed by atoms with Gasteiger partial charge in [0, 0.05) is 10.7 Å². The van der Waals surface area contributed by atoms with Crippen LogP contribution in [0.15, 0.2) is 24.3 Å². The van der Waals surface area contributed by atoms with Gasteiger partial charge in [0.1, 0.15) is 5.75 Å². The molecule has 0 saturated heterocycles. The van der Waals surface area contributed by atoms with E-state index in [-0.39, 0.29) is 6.42 Å². The minimum Gasteiger partial charge on any atom is -0.494 e. The molecule has 0 radical (unpaired) electrons. The van der Waals surface area contributed by atoms with Crippen molar-refractivity contribution in [2.75, 3.05) is 6.61 Å². The average Bonchev–Trinajstić information content (AvgIpc) is 2.36. The highest BCUT2D eigenvalue weighted by Gasteiger charge is 2.18. The predicted octanol–water partition coefficient (Wildman–Crippen LogP) is 2.69. The molecule has 0 spiro atoms. The number of halogens is 1. The first-order valence-electron chi connectivity index (χ1n) is 6.26. The van der Waals surface area contributed by atoms with Gasteiger partial charge in [-0.05, 0) is 43.4 Å². The lowest BCUT2D eigenvalue weighted by atomic mass is 10.1. The van der Waals surface area contributed by atoms with Crippen LogP contribution < -0.4 is 4.74 Å². The van der Waals surface area contributed by atoms with Crippen molar-refractivity contribution in [2.24, 2.45) is 0 Å². The van der Waals surface area contributed by atoms with Crippen molar-refractivity contribution in [2.45, 2.75) is 38.0 Å². The van der Waals surface area contributed by atoms with E-state index in [4.69, 9.17) is 15.4 Å². The molecule has 0 aliphatic heterocycles. The second-order valence-electron chi connectivity index (χ2n) is 4.31. The van der Waals surface area contributed by atoms with Crippen LogP contribution in [0.5, 0.6) is 5.75 Å². The number of rotatable bonds is 8. The summed E-state index contributed by atoms with van der Waals surface area (Å²) < 4.78 is 27.1. The highest BCUT2D eigenvalue weighted by Crippen LogP contribution is 2.16. The van der Waals surface area contributed by atoms with Gasteiger partial charge in [-0.1, -0.05) is 19.1 Å². The Labute approximate surface area is 118 Å². The Morgan fingerprint density at radius 2 is 1.95 bits per heavy atom. The SMILES string of the molecule is CCCOc1ccc(CCCC(O)S(=O)(=O)Cl)cc1. The first-order valence-corrected chi connectivity index (χ1v) is 8.64. The third-order valence-electron chi connectivity index (χ3n) is 2.64. The Bertz CT molecular complexity index is 470. The van der Waals surface area contributed by atoms with E-state index in [0.717, 1.165) is 17.7 Å². The van der Waals surface area contributed by atoms with E-state index in [1.807, 2.05) is 31.2 Å². The Morgan fingerprint density at radius 1 is 1.32 bits per heavy atom.